The lowest BCUT2D eigenvalue weighted by Gasteiger charge is -1.99. The zero-order chi connectivity index (χ0) is 11.9. The highest BCUT2D eigenvalue weighted by atomic mass is 16.5. The summed E-state index contributed by atoms with van der Waals surface area (Å²) in [4.78, 5) is 4.40. The summed E-state index contributed by atoms with van der Waals surface area (Å²) in [6, 6.07) is 18.1. The Morgan fingerprint density at radius 2 is 1.71 bits per heavy atom. The molecule has 0 saturated carbocycles. The van der Waals surface area contributed by atoms with Gasteiger partial charge in [-0.25, -0.2) is 0 Å². The highest BCUT2D eigenvalue weighted by Crippen LogP contribution is 2.10. The van der Waals surface area contributed by atoms with Gasteiger partial charge in [-0.3, -0.25) is 4.99 Å². The van der Waals surface area contributed by atoms with E-state index in [9.17, 15) is 0 Å². The number of rotatable bonds is 4. The first-order valence-electron chi connectivity index (χ1n) is 5.56. The molecule has 0 amide bonds. The van der Waals surface area contributed by atoms with Crippen molar-refractivity contribution in [1.29, 1.82) is 0 Å². The maximum Gasteiger partial charge on any atom is 0.118 e. The zero-order valence-corrected chi connectivity index (χ0v) is 9.84. The molecule has 0 aliphatic heterocycles. The van der Waals surface area contributed by atoms with E-state index < -0.39 is 0 Å². The summed E-state index contributed by atoms with van der Waals surface area (Å²) in [5.41, 5.74) is 2.30. The van der Waals surface area contributed by atoms with Crippen LogP contribution in [0.4, 0.5) is 0 Å². The summed E-state index contributed by atoms with van der Waals surface area (Å²) in [6.45, 7) is 0.715. The van der Waals surface area contributed by atoms with Crippen molar-refractivity contribution in [1.82, 2.24) is 0 Å². The minimum atomic E-state index is 0.715. The van der Waals surface area contributed by atoms with Crippen molar-refractivity contribution in [2.45, 2.75) is 6.54 Å². The minimum absolute atomic E-state index is 0.715. The lowest BCUT2D eigenvalue weighted by molar-refractivity contribution is 0.415. The Morgan fingerprint density at radius 1 is 1.00 bits per heavy atom. The third-order valence-electron chi connectivity index (χ3n) is 2.47. The molecular formula is C15H15NO. The largest absolute Gasteiger partial charge is 0.497 e. The summed E-state index contributed by atoms with van der Waals surface area (Å²) < 4.78 is 5.10. The first-order valence-corrected chi connectivity index (χ1v) is 5.56. The van der Waals surface area contributed by atoms with Gasteiger partial charge in [-0.2, -0.15) is 0 Å². The molecule has 0 atom stereocenters. The van der Waals surface area contributed by atoms with Crippen LogP contribution in [0.2, 0.25) is 0 Å². The lowest BCUT2D eigenvalue weighted by atomic mass is 10.2. The fourth-order valence-electron chi connectivity index (χ4n) is 1.53. The molecule has 2 heteroatoms. The van der Waals surface area contributed by atoms with Crippen LogP contribution in [0.1, 0.15) is 11.1 Å². The van der Waals surface area contributed by atoms with E-state index in [4.69, 9.17) is 4.74 Å². The van der Waals surface area contributed by atoms with E-state index in [0.717, 1.165) is 11.3 Å². The van der Waals surface area contributed by atoms with Gasteiger partial charge in [-0.1, -0.05) is 30.3 Å². The van der Waals surface area contributed by atoms with Crippen LogP contribution in [0.5, 0.6) is 5.75 Å². The normalized spacial score (nSPS) is 10.6. The third kappa shape index (κ3) is 3.45. The van der Waals surface area contributed by atoms with Crippen molar-refractivity contribution in [3.05, 3.63) is 65.7 Å². The molecule has 0 bridgehead atoms. The highest BCUT2D eigenvalue weighted by Gasteiger charge is 1.91. The van der Waals surface area contributed by atoms with Crippen molar-refractivity contribution in [3.63, 3.8) is 0 Å². The molecule has 2 nitrogen and oxygen atoms in total. The average Bonchev–Trinajstić information content (AvgIpc) is 2.41. The second-order valence-corrected chi connectivity index (χ2v) is 3.73. The Labute approximate surface area is 102 Å². The van der Waals surface area contributed by atoms with E-state index in [1.54, 1.807) is 7.11 Å². The first-order chi connectivity index (χ1) is 8.38. The van der Waals surface area contributed by atoms with E-state index in [2.05, 4.69) is 17.1 Å². The SMILES string of the molecule is COc1ccc(C=NCc2ccccc2)cc1. The van der Waals surface area contributed by atoms with Crippen LogP contribution in [-0.2, 0) is 6.54 Å². The molecular weight excluding hydrogens is 210 g/mol. The molecule has 0 aromatic heterocycles. The number of aliphatic imine (C=N–C) groups is 1. The van der Waals surface area contributed by atoms with Gasteiger partial charge in [-0.05, 0) is 35.4 Å². The van der Waals surface area contributed by atoms with Crippen molar-refractivity contribution < 1.29 is 4.74 Å². The van der Waals surface area contributed by atoms with Gasteiger partial charge in [0.25, 0.3) is 0 Å². The highest BCUT2D eigenvalue weighted by molar-refractivity contribution is 5.79. The fraction of sp³-hybridized carbons (Fsp3) is 0.133. The molecule has 86 valence electrons. The Kier molecular flexibility index (Phi) is 3.92. The molecule has 0 fully saturated rings. The van der Waals surface area contributed by atoms with Crippen LogP contribution in [0.15, 0.2) is 59.6 Å². The van der Waals surface area contributed by atoms with Gasteiger partial charge in [0, 0.05) is 6.21 Å². The Balaban J connectivity index is 1.96. The van der Waals surface area contributed by atoms with Crippen molar-refractivity contribution in [2.75, 3.05) is 7.11 Å². The van der Waals surface area contributed by atoms with Crippen LogP contribution < -0.4 is 4.74 Å². The maximum absolute atomic E-state index is 5.10. The fourth-order valence-corrected chi connectivity index (χ4v) is 1.53. The molecule has 0 N–H and O–H groups in total. The summed E-state index contributed by atoms with van der Waals surface area (Å²) in [5.74, 6) is 0.866. The molecule has 2 aromatic carbocycles. The quantitative estimate of drug-likeness (QED) is 0.731. The number of ether oxygens (including phenoxy) is 1. The van der Waals surface area contributed by atoms with E-state index in [-0.39, 0.29) is 0 Å². The van der Waals surface area contributed by atoms with Gasteiger partial charge in [0.05, 0.1) is 13.7 Å². The number of nitrogens with zero attached hydrogens (tertiary/aromatic N) is 1. The topological polar surface area (TPSA) is 21.6 Å². The Morgan fingerprint density at radius 3 is 2.35 bits per heavy atom. The molecule has 17 heavy (non-hydrogen) atoms. The van der Waals surface area contributed by atoms with Crippen LogP contribution in [0.3, 0.4) is 0 Å². The predicted molar refractivity (Wildman–Crippen MR) is 70.7 cm³/mol. The van der Waals surface area contributed by atoms with E-state index in [1.165, 1.54) is 5.56 Å². The smallest absolute Gasteiger partial charge is 0.118 e. The van der Waals surface area contributed by atoms with Crippen molar-refractivity contribution >= 4 is 6.21 Å². The van der Waals surface area contributed by atoms with Gasteiger partial charge < -0.3 is 4.74 Å². The monoisotopic (exact) mass is 225 g/mol. The number of methoxy groups -OCH3 is 1. The molecule has 0 unspecified atom stereocenters. The van der Waals surface area contributed by atoms with Gasteiger partial charge in [0.15, 0.2) is 0 Å². The molecule has 0 aliphatic carbocycles. The van der Waals surface area contributed by atoms with Crippen LogP contribution in [0, 0.1) is 0 Å². The lowest BCUT2D eigenvalue weighted by Crippen LogP contribution is -1.86. The first kappa shape index (κ1) is 11.4. The molecule has 0 spiro atoms. The second-order valence-electron chi connectivity index (χ2n) is 3.73. The minimum Gasteiger partial charge on any atom is -0.497 e. The summed E-state index contributed by atoms with van der Waals surface area (Å²) in [6.07, 6.45) is 1.88. The maximum atomic E-state index is 5.10. The second kappa shape index (κ2) is 5.85. The molecule has 0 aliphatic rings. The molecule has 0 radical (unpaired) electrons. The van der Waals surface area contributed by atoms with Crippen LogP contribution in [0.25, 0.3) is 0 Å². The third-order valence-corrected chi connectivity index (χ3v) is 2.47. The van der Waals surface area contributed by atoms with Gasteiger partial charge in [0.2, 0.25) is 0 Å². The Hall–Kier alpha value is -2.09. The molecule has 0 heterocycles. The van der Waals surface area contributed by atoms with Crippen molar-refractivity contribution in [2.24, 2.45) is 4.99 Å². The molecule has 2 aromatic rings. The van der Waals surface area contributed by atoms with Crippen LogP contribution in [-0.4, -0.2) is 13.3 Å². The predicted octanol–water partition coefficient (Wildman–Crippen LogP) is 3.31. The zero-order valence-electron chi connectivity index (χ0n) is 9.84. The van der Waals surface area contributed by atoms with Crippen molar-refractivity contribution in [3.8, 4) is 5.75 Å². The summed E-state index contributed by atoms with van der Waals surface area (Å²) in [7, 11) is 1.67. The molecule has 0 saturated heterocycles. The Bertz CT molecular complexity index is 474. The number of hydrogen-bond donors (Lipinski definition) is 0. The van der Waals surface area contributed by atoms with Gasteiger partial charge >= 0.3 is 0 Å². The number of benzene rings is 2. The molecule has 2 rings (SSSR count). The van der Waals surface area contributed by atoms with Gasteiger partial charge in [0.1, 0.15) is 5.75 Å². The standard InChI is InChI=1S/C15H15NO/c1-17-15-9-7-14(8-10-15)12-16-11-13-5-3-2-4-6-13/h2-10,12H,11H2,1H3. The average molecular weight is 225 g/mol. The van der Waals surface area contributed by atoms with E-state index in [0.29, 0.717) is 6.54 Å². The van der Waals surface area contributed by atoms with E-state index in [1.807, 2.05) is 48.7 Å². The van der Waals surface area contributed by atoms with Gasteiger partial charge in [-0.15, -0.1) is 0 Å². The number of hydrogen-bond acceptors (Lipinski definition) is 2. The summed E-state index contributed by atoms with van der Waals surface area (Å²) in [5, 5.41) is 0. The van der Waals surface area contributed by atoms with E-state index >= 15 is 0 Å². The summed E-state index contributed by atoms with van der Waals surface area (Å²) >= 11 is 0. The van der Waals surface area contributed by atoms with Crippen LogP contribution >= 0.6 is 0 Å².